The van der Waals surface area contributed by atoms with Gasteiger partial charge < -0.3 is 39.4 Å². The van der Waals surface area contributed by atoms with Gasteiger partial charge in [0.1, 0.15) is 30.5 Å². The van der Waals surface area contributed by atoms with Crippen LogP contribution in [0.25, 0.3) is 0 Å². The van der Waals surface area contributed by atoms with Crippen LogP contribution < -0.4 is 0 Å². The van der Waals surface area contributed by atoms with Gasteiger partial charge in [-0.15, -0.1) is 0 Å². The third-order valence-electron chi connectivity index (χ3n) is 4.98. The second kappa shape index (κ2) is 11.6. The van der Waals surface area contributed by atoms with E-state index >= 15 is 0 Å². The number of alkyl halides is 1. The van der Waals surface area contributed by atoms with Crippen LogP contribution in [0, 0.1) is 0 Å². The van der Waals surface area contributed by atoms with E-state index in [9.17, 15) is 19.7 Å². The number of ether oxygens (including phenoxy) is 4. The number of hydrogen-bond donors (Lipinski definition) is 4. The largest absolute Gasteiger partial charge is 0.394 e. The fourth-order valence-corrected chi connectivity index (χ4v) is 3.24. The first-order valence-corrected chi connectivity index (χ1v) is 9.82. The molecule has 0 spiro atoms. The molecule has 160 valence electrons. The predicted octanol–water partition coefficient (Wildman–Crippen LogP) is 0.243. The molecule has 4 N–H and O–H groups in total. The van der Waals surface area contributed by atoms with Gasteiger partial charge in [0.15, 0.2) is 18.8 Å². The molecule has 0 radical (unpaired) electrons. The van der Waals surface area contributed by atoms with Gasteiger partial charge in [0.05, 0.1) is 13.2 Å². The van der Waals surface area contributed by atoms with Gasteiger partial charge >= 0.3 is 0 Å². The summed E-state index contributed by atoms with van der Waals surface area (Å²) in [6.45, 7) is 1.79. The van der Waals surface area contributed by atoms with Gasteiger partial charge in [-0.05, 0) is 6.42 Å². The first kappa shape index (κ1) is 22.9. The Labute approximate surface area is 159 Å². The standard InChI is InChI=1S/C18H33FO8/c1-2-3-4-5-6-7-8-24-17-13(19)14(21)12(27-17)10-25-18-16(23)15(22)11(9-20)26-18/h11-18,20-23H,2-10H2,1H3/t11-,12-,13?,14+,15+,16?,17+,18+/m1/s1. The van der Waals surface area contributed by atoms with E-state index in [1.54, 1.807) is 0 Å². The quantitative estimate of drug-likeness (QED) is 0.347. The first-order chi connectivity index (χ1) is 13.0. The van der Waals surface area contributed by atoms with Gasteiger partial charge in [-0.25, -0.2) is 4.39 Å². The van der Waals surface area contributed by atoms with Crippen molar-refractivity contribution in [2.75, 3.05) is 19.8 Å². The average Bonchev–Trinajstić information content (AvgIpc) is 3.10. The number of unbranched alkanes of at least 4 members (excludes halogenated alkanes) is 5. The summed E-state index contributed by atoms with van der Waals surface area (Å²) in [5, 5.41) is 38.5. The monoisotopic (exact) mass is 396 g/mol. The average molecular weight is 396 g/mol. The zero-order valence-electron chi connectivity index (χ0n) is 15.8. The molecular formula is C18H33FO8. The van der Waals surface area contributed by atoms with Gasteiger partial charge in [0, 0.05) is 6.61 Å². The fraction of sp³-hybridized carbons (Fsp3) is 1.00. The Balaban J connectivity index is 1.67. The highest BCUT2D eigenvalue weighted by atomic mass is 19.1. The Hall–Kier alpha value is -0.390. The van der Waals surface area contributed by atoms with Gasteiger partial charge in [0.25, 0.3) is 0 Å². The summed E-state index contributed by atoms with van der Waals surface area (Å²) in [6.07, 6.45) is -3.52. The van der Waals surface area contributed by atoms with Crippen molar-refractivity contribution in [3.05, 3.63) is 0 Å². The molecule has 9 heteroatoms. The summed E-state index contributed by atoms with van der Waals surface area (Å²) in [6, 6.07) is 0. The molecule has 0 amide bonds. The summed E-state index contributed by atoms with van der Waals surface area (Å²) in [5.41, 5.74) is 0. The molecule has 0 aliphatic carbocycles. The van der Waals surface area contributed by atoms with Gasteiger partial charge in [-0.3, -0.25) is 0 Å². The normalized spacial score (nSPS) is 39.3. The molecule has 0 aromatic rings. The maximum absolute atomic E-state index is 14.2. The predicted molar refractivity (Wildman–Crippen MR) is 92.6 cm³/mol. The molecule has 0 bridgehead atoms. The van der Waals surface area contributed by atoms with Crippen molar-refractivity contribution in [2.45, 2.75) is 94.7 Å². The number of hydrogen-bond acceptors (Lipinski definition) is 8. The van der Waals surface area contributed by atoms with Crippen LogP contribution in [-0.4, -0.2) is 89.5 Å². The van der Waals surface area contributed by atoms with Crippen LogP contribution in [0.5, 0.6) is 0 Å². The van der Waals surface area contributed by atoms with Crippen LogP contribution in [-0.2, 0) is 18.9 Å². The topological polar surface area (TPSA) is 118 Å². The van der Waals surface area contributed by atoms with E-state index in [4.69, 9.17) is 24.1 Å². The first-order valence-electron chi connectivity index (χ1n) is 9.82. The maximum Gasteiger partial charge on any atom is 0.191 e. The molecule has 8 atom stereocenters. The van der Waals surface area contributed by atoms with Crippen molar-refractivity contribution in [1.29, 1.82) is 0 Å². The van der Waals surface area contributed by atoms with Crippen LogP contribution in [0.3, 0.4) is 0 Å². The molecule has 0 saturated carbocycles. The van der Waals surface area contributed by atoms with Crippen molar-refractivity contribution in [1.82, 2.24) is 0 Å². The second-order valence-corrected chi connectivity index (χ2v) is 7.16. The zero-order chi connectivity index (χ0) is 19.8. The summed E-state index contributed by atoms with van der Waals surface area (Å²) >= 11 is 0. The molecule has 2 unspecified atom stereocenters. The number of aliphatic hydroxyl groups is 4. The maximum atomic E-state index is 14.2. The minimum Gasteiger partial charge on any atom is -0.394 e. The zero-order valence-corrected chi connectivity index (χ0v) is 15.8. The van der Waals surface area contributed by atoms with E-state index in [1.165, 1.54) is 19.3 Å². The summed E-state index contributed by atoms with van der Waals surface area (Å²) in [7, 11) is 0. The second-order valence-electron chi connectivity index (χ2n) is 7.16. The lowest BCUT2D eigenvalue weighted by Gasteiger charge is -2.19. The van der Waals surface area contributed by atoms with Crippen LogP contribution in [0.15, 0.2) is 0 Å². The molecule has 2 rings (SSSR count). The van der Waals surface area contributed by atoms with Gasteiger partial charge in [0.2, 0.25) is 0 Å². The Morgan fingerprint density at radius 2 is 1.48 bits per heavy atom. The van der Waals surface area contributed by atoms with Gasteiger partial charge in [-0.2, -0.15) is 0 Å². The van der Waals surface area contributed by atoms with E-state index in [0.717, 1.165) is 19.3 Å². The van der Waals surface area contributed by atoms with Crippen LogP contribution in [0.2, 0.25) is 0 Å². The summed E-state index contributed by atoms with van der Waals surface area (Å²) < 4.78 is 35.4. The third-order valence-corrected chi connectivity index (χ3v) is 4.98. The Bertz CT molecular complexity index is 415. The Morgan fingerprint density at radius 1 is 0.815 bits per heavy atom. The van der Waals surface area contributed by atoms with Crippen LogP contribution in [0.1, 0.15) is 45.4 Å². The molecule has 27 heavy (non-hydrogen) atoms. The van der Waals surface area contributed by atoms with Gasteiger partial charge in [-0.1, -0.05) is 39.0 Å². The summed E-state index contributed by atoms with van der Waals surface area (Å²) in [5.74, 6) is 0. The van der Waals surface area contributed by atoms with Crippen molar-refractivity contribution in [3.63, 3.8) is 0 Å². The van der Waals surface area contributed by atoms with E-state index in [2.05, 4.69) is 6.92 Å². The van der Waals surface area contributed by atoms with E-state index in [-0.39, 0.29) is 6.61 Å². The fourth-order valence-electron chi connectivity index (χ4n) is 3.24. The molecule has 8 nitrogen and oxygen atoms in total. The molecule has 2 aliphatic rings. The lowest BCUT2D eigenvalue weighted by Crippen LogP contribution is -2.37. The van der Waals surface area contributed by atoms with E-state index in [1.807, 2.05) is 0 Å². The van der Waals surface area contributed by atoms with Crippen molar-refractivity contribution in [2.24, 2.45) is 0 Å². The smallest absolute Gasteiger partial charge is 0.191 e. The number of rotatable bonds is 12. The SMILES string of the molecule is CCCCCCCCO[C@H]1O[C@H](CO[C@H]2O[C@H](CO)[C@H](O)C2O)[C@H](O)C1F. The summed E-state index contributed by atoms with van der Waals surface area (Å²) in [4.78, 5) is 0. The third kappa shape index (κ3) is 6.30. The van der Waals surface area contributed by atoms with Crippen molar-refractivity contribution >= 4 is 0 Å². The minimum absolute atomic E-state index is 0.245. The van der Waals surface area contributed by atoms with E-state index in [0.29, 0.717) is 6.61 Å². The number of halogens is 1. The van der Waals surface area contributed by atoms with Crippen LogP contribution in [0.4, 0.5) is 4.39 Å². The highest BCUT2D eigenvalue weighted by Crippen LogP contribution is 2.28. The molecule has 0 aromatic heterocycles. The Morgan fingerprint density at radius 3 is 2.15 bits per heavy atom. The highest BCUT2D eigenvalue weighted by Gasteiger charge is 2.47. The molecular weight excluding hydrogens is 363 g/mol. The van der Waals surface area contributed by atoms with Crippen molar-refractivity contribution in [3.8, 4) is 0 Å². The lowest BCUT2D eigenvalue weighted by molar-refractivity contribution is -0.204. The minimum atomic E-state index is -1.69. The van der Waals surface area contributed by atoms with Crippen molar-refractivity contribution < 1.29 is 43.8 Å². The Kier molecular flexibility index (Phi) is 9.81. The van der Waals surface area contributed by atoms with Crippen LogP contribution >= 0.6 is 0 Å². The lowest BCUT2D eigenvalue weighted by atomic mass is 10.1. The molecule has 2 saturated heterocycles. The van der Waals surface area contributed by atoms with E-state index < -0.39 is 55.9 Å². The molecule has 0 aromatic carbocycles. The highest BCUT2D eigenvalue weighted by molar-refractivity contribution is 4.89. The molecule has 2 aliphatic heterocycles. The number of aliphatic hydroxyl groups excluding tert-OH is 4. The molecule has 2 fully saturated rings. The molecule has 2 heterocycles.